The van der Waals surface area contributed by atoms with Crippen molar-refractivity contribution in [1.82, 2.24) is 0 Å². The number of nitrogens with zero attached hydrogens (tertiary/aromatic N) is 2. The number of hydrogen-bond acceptors (Lipinski definition) is 3. The number of halogens is 2. The van der Waals surface area contributed by atoms with E-state index in [1.165, 1.54) is 12.1 Å². The minimum Gasteiger partial charge on any atom is -0.456 e. The normalized spacial score (nSPS) is 9.47. The van der Waals surface area contributed by atoms with Crippen molar-refractivity contribution in [2.45, 2.75) is 0 Å². The van der Waals surface area contributed by atoms with Crippen LogP contribution in [0.25, 0.3) is 0 Å². The lowest BCUT2D eigenvalue weighted by atomic mass is 10.1. The van der Waals surface area contributed by atoms with Gasteiger partial charge >= 0.3 is 0 Å². The van der Waals surface area contributed by atoms with E-state index in [1.807, 2.05) is 24.3 Å². The monoisotopic (exact) mass is 332 g/mol. The second-order valence-electron chi connectivity index (χ2n) is 3.61. The highest BCUT2D eigenvalue weighted by atomic mass is 79.9. The summed E-state index contributed by atoms with van der Waals surface area (Å²) in [6, 6.07) is 13.9. The molecule has 0 N–H and O–H groups in total. The lowest BCUT2D eigenvalue weighted by molar-refractivity contribution is 0.482. The van der Waals surface area contributed by atoms with E-state index in [0.717, 1.165) is 4.47 Å². The van der Waals surface area contributed by atoms with E-state index in [2.05, 4.69) is 15.9 Å². The molecule has 0 fully saturated rings. The predicted octanol–water partition coefficient (Wildman–Crippen LogP) is 4.64. The van der Waals surface area contributed by atoms with Gasteiger partial charge in [0.15, 0.2) is 0 Å². The van der Waals surface area contributed by atoms with Gasteiger partial charge in [-0.3, -0.25) is 0 Å². The van der Waals surface area contributed by atoms with Gasteiger partial charge in [0, 0.05) is 10.5 Å². The molecular weight excluding hydrogens is 328 g/mol. The Hall–Kier alpha value is -2.01. The van der Waals surface area contributed by atoms with E-state index in [0.29, 0.717) is 16.5 Å². The average molecular weight is 334 g/mol. The Labute approximate surface area is 123 Å². The number of nitriles is 2. The standard InChI is InChI=1S/C14H6BrClN2O/c15-11-1-3-12(4-2-11)19-14-6-10(8-18)9(7-17)5-13(14)16/h1-6H. The van der Waals surface area contributed by atoms with Crippen molar-refractivity contribution in [3.05, 3.63) is 57.0 Å². The molecule has 92 valence electrons. The molecule has 3 nitrogen and oxygen atoms in total. The smallest absolute Gasteiger partial charge is 0.147 e. The quantitative estimate of drug-likeness (QED) is 0.804. The molecule has 0 bridgehead atoms. The van der Waals surface area contributed by atoms with Crippen LogP contribution in [-0.4, -0.2) is 0 Å². The molecule has 0 spiro atoms. The number of rotatable bonds is 2. The van der Waals surface area contributed by atoms with E-state index in [4.69, 9.17) is 26.9 Å². The molecule has 19 heavy (non-hydrogen) atoms. The van der Waals surface area contributed by atoms with Crippen LogP contribution in [0.15, 0.2) is 40.9 Å². The van der Waals surface area contributed by atoms with Gasteiger partial charge in [-0.25, -0.2) is 0 Å². The predicted molar refractivity (Wildman–Crippen MR) is 75.1 cm³/mol. The molecule has 0 heterocycles. The van der Waals surface area contributed by atoms with Crippen LogP contribution in [-0.2, 0) is 0 Å². The number of hydrogen-bond donors (Lipinski definition) is 0. The molecule has 0 atom stereocenters. The zero-order chi connectivity index (χ0) is 13.8. The van der Waals surface area contributed by atoms with Crippen molar-refractivity contribution in [3.63, 3.8) is 0 Å². The van der Waals surface area contributed by atoms with Gasteiger partial charge < -0.3 is 4.74 Å². The Morgan fingerprint density at radius 3 is 2.16 bits per heavy atom. The second kappa shape index (κ2) is 5.75. The maximum atomic E-state index is 8.96. The lowest BCUT2D eigenvalue weighted by Gasteiger charge is -2.08. The molecule has 5 heteroatoms. The average Bonchev–Trinajstić information content (AvgIpc) is 2.43. The van der Waals surface area contributed by atoms with E-state index in [9.17, 15) is 0 Å². The van der Waals surface area contributed by atoms with Crippen molar-refractivity contribution in [1.29, 1.82) is 10.5 Å². The SMILES string of the molecule is N#Cc1cc(Cl)c(Oc2ccc(Br)cc2)cc1C#N. The topological polar surface area (TPSA) is 56.8 Å². The first-order valence-electron chi connectivity index (χ1n) is 5.21. The number of ether oxygens (including phenoxy) is 1. The van der Waals surface area contributed by atoms with Gasteiger partial charge in [-0.2, -0.15) is 10.5 Å². The molecule has 2 aromatic carbocycles. The first-order chi connectivity index (χ1) is 9.13. The van der Waals surface area contributed by atoms with Gasteiger partial charge in [0.05, 0.1) is 16.1 Å². The first kappa shape index (κ1) is 13.4. The van der Waals surface area contributed by atoms with E-state index in [-0.39, 0.29) is 11.1 Å². The fourth-order valence-corrected chi connectivity index (χ4v) is 1.91. The Bertz CT molecular complexity index is 699. The zero-order valence-electron chi connectivity index (χ0n) is 9.52. The van der Waals surface area contributed by atoms with Crippen LogP contribution in [0.1, 0.15) is 11.1 Å². The summed E-state index contributed by atoms with van der Waals surface area (Å²) in [5.41, 5.74) is 0.467. The highest BCUT2D eigenvalue weighted by molar-refractivity contribution is 9.10. The minimum atomic E-state index is 0.232. The lowest BCUT2D eigenvalue weighted by Crippen LogP contribution is -1.90. The summed E-state index contributed by atoms with van der Waals surface area (Å²) in [6.45, 7) is 0. The van der Waals surface area contributed by atoms with Crippen LogP contribution in [0.3, 0.4) is 0 Å². The van der Waals surface area contributed by atoms with Gasteiger partial charge in [-0.05, 0) is 30.3 Å². The molecule has 0 aromatic heterocycles. The minimum absolute atomic E-state index is 0.232. The van der Waals surface area contributed by atoms with Gasteiger partial charge in [-0.1, -0.05) is 27.5 Å². The maximum Gasteiger partial charge on any atom is 0.147 e. The van der Waals surface area contributed by atoms with E-state index in [1.54, 1.807) is 12.1 Å². The van der Waals surface area contributed by atoms with E-state index >= 15 is 0 Å². The Morgan fingerprint density at radius 2 is 1.58 bits per heavy atom. The van der Waals surface area contributed by atoms with Crippen LogP contribution in [0.2, 0.25) is 5.02 Å². The molecule has 2 rings (SSSR count). The van der Waals surface area contributed by atoms with Crippen molar-refractivity contribution in [2.75, 3.05) is 0 Å². The molecular formula is C14H6BrClN2O. The molecule has 2 aromatic rings. The molecule has 0 saturated carbocycles. The summed E-state index contributed by atoms with van der Waals surface area (Å²) in [6.07, 6.45) is 0. The molecule has 0 amide bonds. The molecule has 0 aliphatic heterocycles. The van der Waals surface area contributed by atoms with E-state index < -0.39 is 0 Å². The Balaban J connectivity index is 2.39. The molecule has 0 radical (unpaired) electrons. The van der Waals surface area contributed by atoms with Crippen molar-refractivity contribution >= 4 is 27.5 Å². The second-order valence-corrected chi connectivity index (χ2v) is 4.93. The van der Waals surface area contributed by atoms with Crippen LogP contribution in [0, 0.1) is 22.7 Å². The molecule has 0 aliphatic rings. The molecule has 0 unspecified atom stereocenters. The van der Waals surface area contributed by atoms with Gasteiger partial charge in [-0.15, -0.1) is 0 Å². The van der Waals surface area contributed by atoms with Crippen molar-refractivity contribution in [3.8, 4) is 23.6 Å². The largest absolute Gasteiger partial charge is 0.456 e. The third kappa shape index (κ3) is 3.06. The van der Waals surface area contributed by atoms with Crippen LogP contribution in [0.4, 0.5) is 0 Å². The first-order valence-corrected chi connectivity index (χ1v) is 6.38. The summed E-state index contributed by atoms with van der Waals surface area (Å²) >= 11 is 9.35. The summed E-state index contributed by atoms with van der Waals surface area (Å²) in [4.78, 5) is 0. The summed E-state index contributed by atoms with van der Waals surface area (Å²) < 4.78 is 6.53. The van der Waals surface area contributed by atoms with Crippen molar-refractivity contribution < 1.29 is 4.74 Å². The van der Waals surface area contributed by atoms with Crippen molar-refractivity contribution in [2.24, 2.45) is 0 Å². The highest BCUT2D eigenvalue weighted by Gasteiger charge is 2.10. The van der Waals surface area contributed by atoms with Gasteiger partial charge in [0.25, 0.3) is 0 Å². The zero-order valence-corrected chi connectivity index (χ0v) is 11.9. The fraction of sp³-hybridized carbons (Fsp3) is 0. The summed E-state index contributed by atoms with van der Waals surface area (Å²) in [7, 11) is 0. The number of benzene rings is 2. The van der Waals surface area contributed by atoms with Crippen LogP contribution < -0.4 is 4.74 Å². The van der Waals surface area contributed by atoms with Gasteiger partial charge in [0.1, 0.15) is 23.6 Å². The van der Waals surface area contributed by atoms with Gasteiger partial charge in [0.2, 0.25) is 0 Å². The Morgan fingerprint density at radius 1 is 1.00 bits per heavy atom. The Kier molecular flexibility index (Phi) is 4.06. The maximum absolute atomic E-state index is 8.96. The third-order valence-electron chi connectivity index (χ3n) is 2.35. The van der Waals surface area contributed by atoms with Crippen LogP contribution >= 0.6 is 27.5 Å². The summed E-state index contributed by atoms with van der Waals surface area (Å²) in [5, 5.41) is 18.1. The molecule has 0 saturated heterocycles. The van der Waals surface area contributed by atoms with Crippen LogP contribution in [0.5, 0.6) is 11.5 Å². The summed E-state index contributed by atoms with van der Waals surface area (Å²) in [5.74, 6) is 0.943. The molecule has 0 aliphatic carbocycles. The highest BCUT2D eigenvalue weighted by Crippen LogP contribution is 2.32. The third-order valence-corrected chi connectivity index (χ3v) is 3.18. The fourth-order valence-electron chi connectivity index (χ4n) is 1.45.